The highest BCUT2D eigenvalue weighted by Gasteiger charge is 2.49. The summed E-state index contributed by atoms with van der Waals surface area (Å²) in [6.07, 6.45) is 0.109. The number of benzene rings is 2. The molecule has 2 saturated heterocycles. The monoisotopic (exact) mass is 448 g/mol. The molecule has 0 saturated carbocycles. The number of amides is 1. The zero-order valence-electron chi connectivity index (χ0n) is 16.5. The molecule has 1 amide bonds. The molecule has 2 aromatic rings. The first kappa shape index (κ1) is 20.9. The van der Waals surface area contributed by atoms with E-state index in [-0.39, 0.29) is 40.9 Å². The van der Waals surface area contributed by atoms with E-state index in [1.807, 2.05) is 0 Å². The quantitative estimate of drug-likeness (QED) is 0.716. The topological polar surface area (TPSA) is 76.0 Å². The van der Waals surface area contributed by atoms with Gasteiger partial charge in [-0.3, -0.25) is 4.79 Å². The molecule has 2 aliphatic heterocycles. The Bertz CT molecular complexity index is 1120. The van der Waals surface area contributed by atoms with Gasteiger partial charge in [0, 0.05) is 10.9 Å². The Balaban J connectivity index is 1.62. The van der Waals surface area contributed by atoms with E-state index in [0.717, 1.165) is 5.56 Å². The summed E-state index contributed by atoms with van der Waals surface area (Å²) in [5.74, 6) is -0.0377. The maximum atomic E-state index is 14.2. The van der Waals surface area contributed by atoms with Crippen LogP contribution in [0, 0.1) is 12.7 Å². The number of hydrogen-bond donors (Lipinski definition) is 0. The summed E-state index contributed by atoms with van der Waals surface area (Å²) in [5, 5.41) is 0.188. The van der Waals surface area contributed by atoms with Crippen LogP contribution in [0.5, 0.6) is 5.75 Å². The molecular weight excluding hydrogens is 427 g/mol. The van der Waals surface area contributed by atoms with Crippen molar-refractivity contribution in [2.75, 3.05) is 23.5 Å². The van der Waals surface area contributed by atoms with Crippen molar-refractivity contribution in [3.8, 4) is 5.75 Å². The van der Waals surface area contributed by atoms with Gasteiger partial charge in [-0.25, -0.2) is 12.8 Å². The summed E-state index contributed by atoms with van der Waals surface area (Å²) in [6.45, 7) is 1.66. The average Bonchev–Trinajstić information content (AvgIpc) is 3.15. The number of halogens is 1. The molecule has 9 heteroatoms. The number of nitrogens with zero attached hydrogens (tertiary/aromatic N) is 2. The summed E-state index contributed by atoms with van der Waals surface area (Å²) in [5.41, 5.74) is 1.80. The van der Waals surface area contributed by atoms with Gasteiger partial charge in [0.25, 0.3) is 5.91 Å². The van der Waals surface area contributed by atoms with E-state index < -0.39 is 9.84 Å². The molecule has 0 aliphatic carbocycles. The highest BCUT2D eigenvalue weighted by molar-refractivity contribution is 8.16. The number of rotatable bonds is 4. The molecule has 0 bridgehead atoms. The number of anilines is 1. The number of fused-ring (bicyclic) bond motifs is 1. The third-order valence-electron chi connectivity index (χ3n) is 5.23. The molecule has 4 rings (SSSR count). The Kier molecular flexibility index (Phi) is 5.59. The molecular formula is C21H21FN2O4S2. The number of carbonyl (C=O) groups is 1. The highest BCUT2D eigenvalue weighted by atomic mass is 32.2. The van der Waals surface area contributed by atoms with Crippen molar-refractivity contribution in [1.82, 2.24) is 0 Å². The number of ether oxygens (including phenoxy) is 1. The molecule has 0 aromatic heterocycles. The van der Waals surface area contributed by atoms with E-state index in [4.69, 9.17) is 4.74 Å². The molecule has 2 fully saturated rings. The smallest absolute Gasteiger partial charge is 0.252 e. The van der Waals surface area contributed by atoms with Crippen LogP contribution in [-0.4, -0.2) is 49.4 Å². The molecule has 0 radical (unpaired) electrons. The Morgan fingerprint density at radius 1 is 1.23 bits per heavy atom. The molecule has 2 aliphatic rings. The molecule has 0 N–H and O–H groups in total. The molecule has 2 aromatic carbocycles. The van der Waals surface area contributed by atoms with Gasteiger partial charge in [0.05, 0.1) is 31.1 Å². The maximum Gasteiger partial charge on any atom is 0.252 e. The first-order valence-electron chi connectivity index (χ1n) is 9.42. The van der Waals surface area contributed by atoms with Crippen LogP contribution >= 0.6 is 11.8 Å². The third-order valence-corrected chi connectivity index (χ3v) is 8.44. The van der Waals surface area contributed by atoms with Gasteiger partial charge in [-0.15, -0.1) is 0 Å². The second-order valence-electron chi connectivity index (χ2n) is 7.42. The number of sulfone groups is 1. The molecule has 0 unspecified atom stereocenters. The van der Waals surface area contributed by atoms with Gasteiger partial charge in [0.2, 0.25) is 0 Å². The lowest BCUT2D eigenvalue weighted by molar-refractivity contribution is -0.117. The summed E-state index contributed by atoms with van der Waals surface area (Å²) in [6, 6.07) is 11.5. The van der Waals surface area contributed by atoms with Gasteiger partial charge in [-0.05, 0) is 42.3 Å². The van der Waals surface area contributed by atoms with Crippen LogP contribution in [0.2, 0.25) is 0 Å². The third kappa shape index (κ3) is 4.22. The SMILES string of the molecule is COc1ccc(CC(=O)N=C2S[C@H]3CS(=O)(=O)C[C@H]3N2c2ccc(C)c(F)c2)cc1. The number of hydrogen-bond acceptors (Lipinski definition) is 5. The van der Waals surface area contributed by atoms with Crippen LogP contribution in [0.15, 0.2) is 47.5 Å². The minimum absolute atomic E-state index is 0.0267. The zero-order valence-corrected chi connectivity index (χ0v) is 18.2. The second-order valence-corrected chi connectivity index (χ2v) is 10.8. The Morgan fingerprint density at radius 2 is 1.97 bits per heavy atom. The summed E-state index contributed by atoms with van der Waals surface area (Å²) in [4.78, 5) is 18.6. The second kappa shape index (κ2) is 8.03. The normalized spacial score (nSPS) is 23.6. The number of thioether (sulfide) groups is 1. The van der Waals surface area contributed by atoms with Crippen molar-refractivity contribution in [2.24, 2.45) is 4.99 Å². The lowest BCUT2D eigenvalue weighted by atomic mass is 10.1. The Hall–Kier alpha value is -2.39. The first-order valence-corrected chi connectivity index (χ1v) is 12.1. The highest BCUT2D eigenvalue weighted by Crippen LogP contribution is 2.41. The van der Waals surface area contributed by atoms with E-state index in [1.165, 1.54) is 17.8 Å². The van der Waals surface area contributed by atoms with Crippen molar-refractivity contribution < 1.29 is 22.3 Å². The van der Waals surface area contributed by atoms with Crippen molar-refractivity contribution in [3.05, 3.63) is 59.4 Å². The van der Waals surface area contributed by atoms with E-state index in [1.54, 1.807) is 55.3 Å². The Morgan fingerprint density at radius 3 is 2.63 bits per heavy atom. The number of carbonyl (C=O) groups excluding carboxylic acids is 1. The summed E-state index contributed by atoms with van der Waals surface area (Å²) in [7, 11) is -1.61. The van der Waals surface area contributed by atoms with Gasteiger partial charge in [0.1, 0.15) is 11.6 Å². The minimum atomic E-state index is -3.18. The number of aliphatic imine (C=N–C) groups is 1. The van der Waals surface area contributed by atoms with Crippen LogP contribution in [0.3, 0.4) is 0 Å². The molecule has 2 atom stereocenters. The van der Waals surface area contributed by atoms with Crippen LogP contribution < -0.4 is 9.64 Å². The largest absolute Gasteiger partial charge is 0.497 e. The number of amidine groups is 1. The van der Waals surface area contributed by atoms with Crippen molar-refractivity contribution in [3.63, 3.8) is 0 Å². The lowest BCUT2D eigenvalue weighted by Gasteiger charge is -2.24. The average molecular weight is 449 g/mol. The molecule has 0 spiro atoms. The summed E-state index contributed by atoms with van der Waals surface area (Å²) < 4.78 is 43.6. The number of methoxy groups -OCH3 is 1. The van der Waals surface area contributed by atoms with Gasteiger partial charge < -0.3 is 9.64 Å². The van der Waals surface area contributed by atoms with Crippen molar-refractivity contribution in [2.45, 2.75) is 24.6 Å². The van der Waals surface area contributed by atoms with Crippen LogP contribution in [-0.2, 0) is 21.1 Å². The zero-order chi connectivity index (χ0) is 21.5. The van der Waals surface area contributed by atoms with E-state index >= 15 is 0 Å². The van der Waals surface area contributed by atoms with Gasteiger partial charge >= 0.3 is 0 Å². The Labute approximate surface area is 179 Å². The van der Waals surface area contributed by atoms with Crippen molar-refractivity contribution >= 4 is 38.4 Å². The minimum Gasteiger partial charge on any atom is -0.497 e. The van der Waals surface area contributed by atoms with Gasteiger partial charge in [-0.2, -0.15) is 4.99 Å². The number of aryl methyl sites for hydroxylation is 1. The van der Waals surface area contributed by atoms with Crippen molar-refractivity contribution in [1.29, 1.82) is 0 Å². The molecule has 2 heterocycles. The molecule has 158 valence electrons. The van der Waals surface area contributed by atoms with E-state index in [9.17, 15) is 17.6 Å². The predicted molar refractivity (Wildman–Crippen MR) is 117 cm³/mol. The van der Waals surface area contributed by atoms with Gasteiger partial charge in [0.15, 0.2) is 15.0 Å². The predicted octanol–water partition coefficient (Wildman–Crippen LogP) is 2.99. The summed E-state index contributed by atoms with van der Waals surface area (Å²) >= 11 is 1.27. The van der Waals surface area contributed by atoms with E-state index in [2.05, 4.69) is 4.99 Å². The fourth-order valence-corrected chi connectivity index (χ4v) is 7.59. The standard InChI is InChI=1S/C21H21FN2O4S2/c1-13-3-6-15(10-17(13)22)24-18-11-30(26,27)12-19(18)29-21(24)23-20(25)9-14-4-7-16(28-2)8-5-14/h3-8,10,18-19H,9,11-12H2,1-2H3/t18-,19+/m1/s1. The fraction of sp³-hybridized carbons (Fsp3) is 0.333. The van der Waals surface area contributed by atoms with Crippen LogP contribution in [0.4, 0.5) is 10.1 Å². The lowest BCUT2D eigenvalue weighted by Crippen LogP contribution is -2.37. The molecule has 30 heavy (non-hydrogen) atoms. The van der Waals surface area contributed by atoms with Crippen LogP contribution in [0.1, 0.15) is 11.1 Å². The maximum absolute atomic E-state index is 14.2. The molecule has 6 nitrogen and oxygen atoms in total. The van der Waals surface area contributed by atoms with Gasteiger partial charge in [-0.1, -0.05) is 30.0 Å². The van der Waals surface area contributed by atoms with E-state index in [0.29, 0.717) is 22.2 Å². The first-order chi connectivity index (χ1) is 14.3. The fourth-order valence-electron chi connectivity index (χ4n) is 3.66. The van der Waals surface area contributed by atoms with Crippen LogP contribution in [0.25, 0.3) is 0 Å².